The summed E-state index contributed by atoms with van der Waals surface area (Å²) in [6.07, 6.45) is 1.86. The molecule has 0 aliphatic carbocycles. The Morgan fingerprint density at radius 2 is 1.94 bits per heavy atom. The van der Waals surface area contributed by atoms with Gasteiger partial charge in [0, 0.05) is 49.9 Å². The molecule has 0 bridgehead atoms. The highest BCUT2D eigenvalue weighted by molar-refractivity contribution is 7.13. The maximum absolute atomic E-state index is 4.33. The summed E-state index contributed by atoms with van der Waals surface area (Å²) in [5, 5.41) is 6.50. The lowest BCUT2D eigenvalue weighted by Crippen LogP contribution is -2.42. The van der Waals surface area contributed by atoms with E-state index in [1.54, 1.807) is 11.3 Å². The lowest BCUT2D eigenvalue weighted by molar-refractivity contribution is 0.233. The van der Waals surface area contributed by atoms with Crippen molar-refractivity contribution < 1.29 is 0 Å². The Labute approximate surface area is 111 Å². The molecule has 1 aliphatic rings. The van der Waals surface area contributed by atoms with Crippen molar-refractivity contribution in [3.8, 4) is 10.6 Å². The molecule has 3 nitrogen and oxygen atoms in total. The third kappa shape index (κ3) is 2.77. The lowest BCUT2D eigenvalue weighted by atomic mass is 10.1. The summed E-state index contributed by atoms with van der Waals surface area (Å²) in [5.74, 6) is 0. The summed E-state index contributed by atoms with van der Waals surface area (Å²) in [7, 11) is 0. The second-order valence-electron chi connectivity index (χ2n) is 4.56. The first-order valence-corrected chi connectivity index (χ1v) is 7.22. The van der Waals surface area contributed by atoms with Crippen LogP contribution in [0, 0.1) is 0 Å². The first kappa shape index (κ1) is 11.8. The van der Waals surface area contributed by atoms with Gasteiger partial charge in [0.15, 0.2) is 0 Å². The fraction of sp³-hybridized carbons (Fsp3) is 0.357. The van der Waals surface area contributed by atoms with Crippen LogP contribution in [0.3, 0.4) is 0 Å². The van der Waals surface area contributed by atoms with Gasteiger partial charge in [-0.1, -0.05) is 24.3 Å². The second-order valence-corrected chi connectivity index (χ2v) is 5.45. The van der Waals surface area contributed by atoms with Gasteiger partial charge in [-0.2, -0.15) is 0 Å². The summed E-state index contributed by atoms with van der Waals surface area (Å²) >= 11 is 1.69. The predicted molar refractivity (Wildman–Crippen MR) is 75.7 cm³/mol. The number of benzene rings is 1. The van der Waals surface area contributed by atoms with Gasteiger partial charge in [-0.15, -0.1) is 11.3 Å². The van der Waals surface area contributed by atoms with Gasteiger partial charge in [-0.25, -0.2) is 4.98 Å². The number of thiazole rings is 1. The molecule has 0 radical (unpaired) electrons. The molecule has 0 spiro atoms. The first-order valence-electron chi connectivity index (χ1n) is 6.34. The zero-order valence-corrected chi connectivity index (χ0v) is 11.1. The van der Waals surface area contributed by atoms with Gasteiger partial charge in [0.05, 0.1) is 0 Å². The smallest absolute Gasteiger partial charge is 0.123 e. The molecule has 0 unspecified atom stereocenters. The molecule has 2 aromatic rings. The van der Waals surface area contributed by atoms with E-state index in [9.17, 15) is 0 Å². The number of piperazine rings is 1. The van der Waals surface area contributed by atoms with Crippen molar-refractivity contribution in [1.29, 1.82) is 0 Å². The minimum atomic E-state index is 1.06. The van der Waals surface area contributed by atoms with Crippen LogP contribution >= 0.6 is 11.3 Å². The Bertz CT molecular complexity index is 472. The molecule has 3 rings (SSSR count). The minimum Gasteiger partial charge on any atom is -0.314 e. The van der Waals surface area contributed by atoms with E-state index in [1.807, 2.05) is 11.6 Å². The quantitative estimate of drug-likeness (QED) is 0.916. The van der Waals surface area contributed by atoms with Crippen LogP contribution in [0.4, 0.5) is 0 Å². The highest BCUT2D eigenvalue weighted by atomic mass is 32.1. The second kappa shape index (κ2) is 5.61. The van der Waals surface area contributed by atoms with Gasteiger partial charge >= 0.3 is 0 Å². The van der Waals surface area contributed by atoms with Gasteiger partial charge < -0.3 is 5.32 Å². The van der Waals surface area contributed by atoms with E-state index in [0.29, 0.717) is 0 Å². The largest absolute Gasteiger partial charge is 0.314 e. The molecule has 0 saturated carbocycles. The number of hydrogen-bond acceptors (Lipinski definition) is 4. The van der Waals surface area contributed by atoms with E-state index in [2.05, 4.69) is 39.5 Å². The summed E-state index contributed by atoms with van der Waals surface area (Å²) in [6, 6.07) is 8.80. The molecule has 4 heteroatoms. The molecule has 94 valence electrons. The standard InChI is InChI=1S/C14H17N3S/c1-3-13(14-16-7-10-18-14)4-2-12(1)11-17-8-5-15-6-9-17/h1-4,7,10,15H,5-6,8-9,11H2. The third-order valence-corrected chi connectivity index (χ3v) is 4.07. The molecular formula is C14H17N3S. The maximum Gasteiger partial charge on any atom is 0.123 e. The summed E-state index contributed by atoms with van der Waals surface area (Å²) in [5.41, 5.74) is 2.60. The van der Waals surface area contributed by atoms with E-state index in [0.717, 1.165) is 37.7 Å². The molecule has 1 N–H and O–H groups in total. The molecular weight excluding hydrogens is 242 g/mol. The van der Waals surface area contributed by atoms with Crippen molar-refractivity contribution in [3.63, 3.8) is 0 Å². The fourth-order valence-electron chi connectivity index (χ4n) is 2.25. The number of hydrogen-bond donors (Lipinski definition) is 1. The van der Waals surface area contributed by atoms with Crippen LogP contribution < -0.4 is 5.32 Å². The maximum atomic E-state index is 4.33. The van der Waals surface area contributed by atoms with Gasteiger partial charge in [-0.3, -0.25) is 4.90 Å². The van der Waals surface area contributed by atoms with E-state index >= 15 is 0 Å². The molecule has 18 heavy (non-hydrogen) atoms. The molecule has 0 atom stereocenters. The van der Waals surface area contributed by atoms with Crippen molar-refractivity contribution in [3.05, 3.63) is 41.4 Å². The van der Waals surface area contributed by atoms with Gasteiger partial charge in [0.2, 0.25) is 0 Å². The number of nitrogens with one attached hydrogen (secondary N) is 1. The van der Waals surface area contributed by atoms with E-state index in [4.69, 9.17) is 0 Å². The van der Waals surface area contributed by atoms with E-state index < -0.39 is 0 Å². The van der Waals surface area contributed by atoms with Crippen molar-refractivity contribution in [2.24, 2.45) is 0 Å². The van der Waals surface area contributed by atoms with Crippen LogP contribution in [0.5, 0.6) is 0 Å². The van der Waals surface area contributed by atoms with Crippen molar-refractivity contribution in [2.75, 3.05) is 26.2 Å². The van der Waals surface area contributed by atoms with Gasteiger partial charge in [0.1, 0.15) is 5.01 Å². The Morgan fingerprint density at radius 1 is 1.17 bits per heavy atom. The molecule has 1 fully saturated rings. The molecule has 1 aliphatic heterocycles. The van der Waals surface area contributed by atoms with E-state index in [-0.39, 0.29) is 0 Å². The normalized spacial score (nSPS) is 16.9. The molecule has 1 aromatic heterocycles. The highest BCUT2D eigenvalue weighted by Gasteiger charge is 2.09. The molecule has 1 saturated heterocycles. The number of rotatable bonds is 3. The highest BCUT2D eigenvalue weighted by Crippen LogP contribution is 2.22. The predicted octanol–water partition coefficient (Wildman–Crippen LogP) is 2.22. The zero-order chi connectivity index (χ0) is 12.2. The Hall–Kier alpha value is -1.23. The van der Waals surface area contributed by atoms with Crippen molar-refractivity contribution >= 4 is 11.3 Å². The van der Waals surface area contributed by atoms with Crippen LogP contribution in [0.25, 0.3) is 10.6 Å². The Morgan fingerprint density at radius 3 is 2.61 bits per heavy atom. The van der Waals surface area contributed by atoms with Gasteiger partial charge in [-0.05, 0) is 5.56 Å². The lowest BCUT2D eigenvalue weighted by Gasteiger charge is -2.27. The average molecular weight is 259 g/mol. The molecule has 0 amide bonds. The third-order valence-electron chi connectivity index (χ3n) is 3.25. The summed E-state index contributed by atoms with van der Waals surface area (Å²) in [6.45, 7) is 5.57. The first-order chi connectivity index (χ1) is 8.92. The van der Waals surface area contributed by atoms with Crippen LogP contribution in [0.2, 0.25) is 0 Å². The number of aromatic nitrogens is 1. The van der Waals surface area contributed by atoms with Crippen LogP contribution in [-0.4, -0.2) is 36.1 Å². The van der Waals surface area contributed by atoms with E-state index in [1.165, 1.54) is 11.1 Å². The zero-order valence-electron chi connectivity index (χ0n) is 10.3. The van der Waals surface area contributed by atoms with Crippen molar-refractivity contribution in [1.82, 2.24) is 15.2 Å². The fourth-order valence-corrected chi connectivity index (χ4v) is 2.89. The topological polar surface area (TPSA) is 28.2 Å². The number of nitrogens with zero attached hydrogens (tertiary/aromatic N) is 2. The van der Waals surface area contributed by atoms with Crippen molar-refractivity contribution in [2.45, 2.75) is 6.54 Å². The molecule has 1 aromatic carbocycles. The Kier molecular flexibility index (Phi) is 3.69. The van der Waals surface area contributed by atoms with Crippen LogP contribution in [0.1, 0.15) is 5.56 Å². The monoisotopic (exact) mass is 259 g/mol. The Balaban J connectivity index is 1.67. The average Bonchev–Trinajstić information content (AvgIpc) is 2.95. The summed E-state index contributed by atoms with van der Waals surface area (Å²) in [4.78, 5) is 6.83. The van der Waals surface area contributed by atoms with Crippen LogP contribution in [-0.2, 0) is 6.54 Å². The summed E-state index contributed by atoms with van der Waals surface area (Å²) < 4.78 is 0. The molecule has 2 heterocycles. The van der Waals surface area contributed by atoms with Crippen LogP contribution in [0.15, 0.2) is 35.8 Å². The van der Waals surface area contributed by atoms with Gasteiger partial charge in [0.25, 0.3) is 0 Å². The SMILES string of the molecule is c1csc(-c2ccc(CN3CCNCC3)cc2)n1. The minimum absolute atomic E-state index is 1.06.